The van der Waals surface area contributed by atoms with Gasteiger partial charge < -0.3 is 15.4 Å². The van der Waals surface area contributed by atoms with E-state index in [9.17, 15) is 0 Å². The van der Waals surface area contributed by atoms with Gasteiger partial charge in [0.05, 0.1) is 24.2 Å². The number of anilines is 1. The van der Waals surface area contributed by atoms with Crippen molar-refractivity contribution in [2.45, 2.75) is 6.04 Å². The fraction of sp³-hybridized carbons (Fsp3) is 0.500. The summed E-state index contributed by atoms with van der Waals surface area (Å²) in [5.41, 5.74) is 8.26. The second-order valence-corrected chi connectivity index (χ2v) is 5.41. The van der Waals surface area contributed by atoms with Crippen LogP contribution in [0.4, 0.5) is 5.69 Å². The first-order chi connectivity index (χ1) is 9.09. The van der Waals surface area contributed by atoms with Crippen molar-refractivity contribution >= 4 is 22.9 Å². The van der Waals surface area contributed by atoms with E-state index in [2.05, 4.69) is 34.1 Å². The van der Waals surface area contributed by atoms with Crippen LogP contribution in [0, 0.1) is 0 Å². The maximum atomic E-state index is 5.94. The van der Waals surface area contributed by atoms with Crippen LogP contribution in [0.25, 0.3) is 0 Å². The molecule has 0 saturated carbocycles. The van der Waals surface area contributed by atoms with Gasteiger partial charge in [-0.05, 0) is 17.7 Å². The summed E-state index contributed by atoms with van der Waals surface area (Å²) in [6.07, 6.45) is 0. The van der Waals surface area contributed by atoms with E-state index in [4.69, 9.17) is 22.7 Å². The summed E-state index contributed by atoms with van der Waals surface area (Å²) in [6.45, 7) is 3.23. The van der Waals surface area contributed by atoms with Crippen LogP contribution in [0.1, 0.15) is 11.6 Å². The average Bonchev–Trinajstić information content (AvgIpc) is 2.40. The molecular weight excluding hydrogens is 258 g/mol. The molecular formula is C14H21N3OS. The highest BCUT2D eigenvalue weighted by Crippen LogP contribution is 2.24. The minimum Gasteiger partial charge on any atom is -0.392 e. The summed E-state index contributed by atoms with van der Waals surface area (Å²) in [4.78, 5) is 4.89. The van der Waals surface area contributed by atoms with Crippen LogP contribution in [0.3, 0.4) is 0 Å². The van der Waals surface area contributed by atoms with Crippen LogP contribution in [0.15, 0.2) is 24.3 Å². The zero-order valence-electron chi connectivity index (χ0n) is 11.5. The van der Waals surface area contributed by atoms with Crippen LogP contribution in [-0.2, 0) is 4.74 Å². The maximum Gasteiger partial charge on any atom is 0.0948 e. The van der Waals surface area contributed by atoms with Gasteiger partial charge in [0, 0.05) is 32.9 Å². The molecule has 1 aromatic rings. The number of hydrogen-bond acceptors (Lipinski definition) is 4. The Bertz CT molecular complexity index is 427. The van der Waals surface area contributed by atoms with Gasteiger partial charge in [-0.2, -0.15) is 0 Å². The first-order valence-electron chi connectivity index (χ1n) is 6.48. The molecule has 1 unspecified atom stereocenters. The Hall–Kier alpha value is -1.17. The molecule has 5 heteroatoms. The molecule has 1 saturated heterocycles. The molecule has 1 fully saturated rings. The Morgan fingerprint density at radius 1 is 1.26 bits per heavy atom. The molecule has 1 atom stereocenters. The third kappa shape index (κ3) is 3.43. The molecule has 0 amide bonds. The summed E-state index contributed by atoms with van der Waals surface area (Å²) in [7, 11) is 4.06. The number of morpholine rings is 1. The van der Waals surface area contributed by atoms with E-state index in [1.807, 2.05) is 14.1 Å². The topological polar surface area (TPSA) is 41.7 Å². The average molecular weight is 279 g/mol. The SMILES string of the molecule is CN(C)c1ccc(C(C(N)=S)N2CCOCC2)cc1. The highest BCUT2D eigenvalue weighted by atomic mass is 32.1. The summed E-state index contributed by atoms with van der Waals surface area (Å²) >= 11 is 5.25. The number of nitrogens with zero attached hydrogens (tertiary/aromatic N) is 2. The van der Waals surface area contributed by atoms with E-state index in [1.165, 1.54) is 5.69 Å². The molecule has 104 valence electrons. The summed E-state index contributed by atoms with van der Waals surface area (Å²) in [6, 6.07) is 8.42. The monoisotopic (exact) mass is 279 g/mol. The number of thiocarbonyl (C=S) groups is 1. The number of ether oxygens (including phenoxy) is 1. The number of benzene rings is 1. The van der Waals surface area contributed by atoms with Gasteiger partial charge in [0.25, 0.3) is 0 Å². The van der Waals surface area contributed by atoms with Gasteiger partial charge in [-0.1, -0.05) is 24.4 Å². The van der Waals surface area contributed by atoms with Crippen LogP contribution in [-0.4, -0.2) is 50.3 Å². The van der Waals surface area contributed by atoms with Gasteiger partial charge in [-0.3, -0.25) is 4.90 Å². The number of hydrogen-bond donors (Lipinski definition) is 1. The van der Waals surface area contributed by atoms with E-state index < -0.39 is 0 Å². The lowest BCUT2D eigenvalue weighted by atomic mass is 10.0. The van der Waals surface area contributed by atoms with Crippen molar-refractivity contribution in [2.24, 2.45) is 5.73 Å². The van der Waals surface area contributed by atoms with Gasteiger partial charge in [0.15, 0.2) is 0 Å². The highest BCUT2D eigenvalue weighted by Gasteiger charge is 2.24. The van der Waals surface area contributed by atoms with Crippen molar-refractivity contribution in [3.05, 3.63) is 29.8 Å². The quantitative estimate of drug-likeness (QED) is 0.844. The molecule has 2 rings (SSSR count). The molecule has 1 aromatic carbocycles. The summed E-state index contributed by atoms with van der Waals surface area (Å²) in [5.74, 6) is 0. The van der Waals surface area contributed by atoms with Crippen molar-refractivity contribution in [3.63, 3.8) is 0 Å². The Kier molecular flexibility index (Phi) is 4.74. The minimum atomic E-state index is 0.00936. The van der Waals surface area contributed by atoms with Gasteiger partial charge in [-0.15, -0.1) is 0 Å². The van der Waals surface area contributed by atoms with Crippen molar-refractivity contribution in [1.82, 2.24) is 4.90 Å². The molecule has 2 N–H and O–H groups in total. The zero-order valence-corrected chi connectivity index (χ0v) is 12.3. The first-order valence-corrected chi connectivity index (χ1v) is 6.89. The lowest BCUT2D eigenvalue weighted by Crippen LogP contribution is -2.43. The van der Waals surface area contributed by atoms with Crippen LogP contribution >= 0.6 is 12.2 Å². The highest BCUT2D eigenvalue weighted by molar-refractivity contribution is 7.80. The van der Waals surface area contributed by atoms with Gasteiger partial charge in [-0.25, -0.2) is 0 Å². The summed E-state index contributed by atoms with van der Waals surface area (Å²) < 4.78 is 5.38. The second-order valence-electron chi connectivity index (χ2n) is 4.94. The smallest absolute Gasteiger partial charge is 0.0948 e. The van der Waals surface area contributed by atoms with Gasteiger partial charge >= 0.3 is 0 Å². The second kappa shape index (κ2) is 6.32. The molecule has 1 aliphatic rings. The molecule has 0 radical (unpaired) electrons. The Labute approximate surface area is 120 Å². The molecule has 1 aliphatic heterocycles. The van der Waals surface area contributed by atoms with Crippen LogP contribution in [0.5, 0.6) is 0 Å². The molecule has 0 aromatic heterocycles. The molecule has 0 spiro atoms. The van der Waals surface area contributed by atoms with E-state index in [1.54, 1.807) is 0 Å². The summed E-state index contributed by atoms with van der Waals surface area (Å²) in [5, 5.41) is 0. The predicted molar refractivity (Wildman–Crippen MR) is 82.7 cm³/mol. The fourth-order valence-corrected chi connectivity index (χ4v) is 2.63. The third-order valence-electron chi connectivity index (χ3n) is 3.41. The van der Waals surface area contributed by atoms with Gasteiger partial charge in [0.2, 0.25) is 0 Å². The molecule has 1 heterocycles. The predicted octanol–water partition coefficient (Wildman–Crippen LogP) is 1.41. The van der Waals surface area contributed by atoms with Crippen molar-refractivity contribution in [2.75, 3.05) is 45.3 Å². The Morgan fingerprint density at radius 2 is 1.84 bits per heavy atom. The van der Waals surface area contributed by atoms with Crippen molar-refractivity contribution in [3.8, 4) is 0 Å². The van der Waals surface area contributed by atoms with E-state index in [0.29, 0.717) is 4.99 Å². The molecule has 0 bridgehead atoms. The third-order valence-corrected chi connectivity index (χ3v) is 3.63. The normalized spacial score (nSPS) is 18.0. The maximum absolute atomic E-state index is 5.94. The minimum absolute atomic E-state index is 0.00936. The van der Waals surface area contributed by atoms with Crippen LogP contribution in [0.2, 0.25) is 0 Å². The zero-order chi connectivity index (χ0) is 13.8. The standard InChI is InChI=1S/C14H21N3OS/c1-16(2)12-5-3-11(4-6-12)13(14(15)19)17-7-9-18-10-8-17/h3-6,13H,7-10H2,1-2H3,(H2,15,19). The number of rotatable bonds is 4. The van der Waals surface area contributed by atoms with E-state index >= 15 is 0 Å². The van der Waals surface area contributed by atoms with Crippen molar-refractivity contribution < 1.29 is 4.74 Å². The fourth-order valence-electron chi connectivity index (χ4n) is 2.35. The Balaban J connectivity index is 2.20. The van der Waals surface area contributed by atoms with Crippen molar-refractivity contribution in [1.29, 1.82) is 0 Å². The lowest BCUT2D eigenvalue weighted by molar-refractivity contribution is 0.0289. The Morgan fingerprint density at radius 3 is 2.32 bits per heavy atom. The van der Waals surface area contributed by atoms with Gasteiger partial charge in [0.1, 0.15) is 0 Å². The first kappa shape index (κ1) is 14.2. The van der Waals surface area contributed by atoms with E-state index in [-0.39, 0.29) is 6.04 Å². The molecule has 4 nitrogen and oxygen atoms in total. The van der Waals surface area contributed by atoms with E-state index in [0.717, 1.165) is 31.9 Å². The largest absolute Gasteiger partial charge is 0.392 e. The number of nitrogens with two attached hydrogens (primary N) is 1. The molecule has 0 aliphatic carbocycles. The van der Waals surface area contributed by atoms with Crippen LogP contribution < -0.4 is 10.6 Å². The lowest BCUT2D eigenvalue weighted by Gasteiger charge is -2.34. The molecule has 19 heavy (non-hydrogen) atoms.